The summed E-state index contributed by atoms with van der Waals surface area (Å²) < 4.78 is 22.7. The number of rotatable bonds is 5. The molecule has 1 aromatic rings. The van der Waals surface area contributed by atoms with Crippen molar-refractivity contribution in [1.29, 1.82) is 0 Å². The van der Waals surface area contributed by atoms with E-state index in [2.05, 4.69) is 4.74 Å². The highest BCUT2D eigenvalue weighted by atomic mass is 19.1. The Morgan fingerprint density at radius 3 is 2.88 bits per heavy atom. The third-order valence-corrected chi connectivity index (χ3v) is 1.89. The third-order valence-electron chi connectivity index (χ3n) is 1.89. The summed E-state index contributed by atoms with van der Waals surface area (Å²) in [6, 6.07) is 3.55. The lowest BCUT2D eigenvalue weighted by Gasteiger charge is -2.15. The molecule has 6 heteroatoms. The molecule has 2 N–H and O–H groups in total. The van der Waals surface area contributed by atoms with Crippen LogP contribution in [-0.4, -0.2) is 25.1 Å². The quantitative estimate of drug-likeness (QED) is 0.792. The SMILES string of the molecule is CC(COC(N)=O)Oc1cc(F)ccc1C=O. The van der Waals surface area contributed by atoms with Crippen molar-refractivity contribution in [3.8, 4) is 5.75 Å². The molecule has 5 nitrogen and oxygen atoms in total. The topological polar surface area (TPSA) is 78.6 Å². The fraction of sp³-hybridized carbons (Fsp3) is 0.273. The summed E-state index contributed by atoms with van der Waals surface area (Å²) in [6.45, 7) is 1.52. The molecule has 1 amide bonds. The Hall–Kier alpha value is -2.11. The number of nitrogens with two attached hydrogens (primary N) is 1. The molecule has 0 bridgehead atoms. The van der Waals surface area contributed by atoms with Gasteiger partial charge in [-0.25, -0.2) is 9.18 Å². The maximum Gasteiger partial charge on any atom is 0.404 e. The molecule has 1 unspecified atom stereocenters. The van der Waals surface area contributed by atoms with E-state index in [-0.39, 0.29) is 17.9 Å². The third kappa shape index (κ3) is 4.10. The van der Waals surface area contributed by atoms with Gasteiger partial charge in [0.05, 0.1) is 5.56 Å². The molecule has 1 atom stereocenters. The number of primary amides is 1. The van der Waals surface area contributed by atoms with Crippen LogP contribution in [0.1, 0.15) is 17.3 Å². The van der Waals surface area contributed by atoms with E-state index in [1.54, 1.807) is 6.92 Å². The molecule has 0 fully saturated rings. The fourth-order valence-corrected chi connectivity index (χ4v) is 1.16. The van der Waals surface area contributed by atoms with Crippen LogP contribution >= 0.6 is 0 Å². The van der Waals surface area contributed by atoms with Crippen molar-refractivity contribution in [1.82, 2.24) is 0 Å². The van der Waals surface area contributed by atoms with Crippen LogP contribution in [0.15, 0.2) is 18.2 Å². The Balaban J connectivity index is 2.69. The largest absolute Gasteiger partial charge is 0.486 e. The first-order valence-electron chi connectivity index (χ1n) is 4.86. The summed E-state index contributed by atoms with van der Waals surface area (Å²) in [5.41, 5.74) is 5.00. The van der Waals surface area contributed by atoms with Gasteiger partial charge in [-0.05, 0) is 19.1 Å². The molecular weight excluding hydrogens is 229 g/mol. The molecule has 0 heterocycles. The molecule has 0 aromatic heterocycles. The second-order valence-corrected chi connectivity index (χ2v) is 3.36. The number of amides is 1. The van der Waals surface area contributed by atoms with Gasteiger partial charge in [0.25, 0.3) is 0 Å². The summed E-state index contributed by atoms with van der Waals surface area (Å²) >= 11 is 0. The smallest absolute Gasteiger partial charge is 0.404 e. The number of aldehydes is 1. The number of carbonyl (C=O) groups excluding carboxylic acids is 2. The van der Waals surface area contributed by atoms with Crippen molar-refractivity contribution in [2.24, 2.45) is 5.73 Å². The molecular formula is C11H12FNO4. The van der Waals surface area contributed by atoms with Gasteiger partial charge in [-0.3, -0.25) is 4.79 Å². The van der Waals surface area contributed by atoms with E-state index in [1.807, 2.05) is 0 Å². The van der Waals surface area contributed by atoms with E-state index in [0.29, 0.717) is 6.29 Å². The highest BCUT2D eigenvalue weighted by molar-refractivity contribution is 5.79. The number of ether oxygens (including phenoxy) is 2. The van der Waals surface area contributed by atoms with Gasteiger partial charge in [0.15, 0.2) is 6.29 Å². The van der Waals surface area contributed by atoms with Crippen LogP contribution < -0.4 is 10.5 Å². The molecule has 0 aliphatic heterocycles. The highest BCUT2D eigenvalue weighted by Crippen LogP contribution is 2.19. The van der Waals surface area contributed by atoms with E-state index in [0.717, 1.165) is 12.1 Å². The van der Waals surface area contributed by atoms with Gasteiger partial charge in [0.2, 0.25) is 0 Å². The van der Waals surface area contributed by atoms with Crippen molar-refractivity contribution in [2.45, 2.75) is 13.0 Å². The van der Waals surface area contributed by atoms with Gasteiger partial charge >= 0.3 is 6.09 Å². The minimum Gasteiger partial charge on any atom is -0.486 e. The molecule has 0 radical (unpaired) electrons. The van der Waals surface area contributed by atoms with Gasteiger partial charge in [-0.1, -0.05) is 0 Å². The predicted octanol–water partition coefficient (Wildman–Crippen LogP) is 1.50. The van der Waals surface area contributed by atoms with Crippen LogP contribution in [0.5, 0.6) is 5.75 Å². The number of benzene rings is 1. The standard InChI is InChI=1S/C11H12FNO4/c1-7(6-16-11(13)15)17-10-4-9(12)3-2-8(10)5-14/h2-5,7H,6H2,1H3,(H2,13,15). The molecule has 17 heavy (non-hydrogen) atoms. The van der Waals surface area contributed by atoms with E-state index >= 15 is 0 Å². The zero-order valence-electron chi connectivity index (χ0n) is 9.18. The summed E-state index contributed by atoms with van der Waals surface area (Å²) in [4.78, 5) is 21.0. The number of hydrogen-bond donors (Lipinski definition) is 1. The molecule has 0 saturated heterocycles. The summed E-state index contributed by atoms with van der Waals surface area (Å²) in [7, 11) is 0. The molecule has 0 spiro atoms. The van der Waals surface area contributed by atoms with Crippen molar-refractivity contribution in [2.75, 3.05) is 6.61 Å². The van der Waals surface area contributed by atoms with Gasteiger partial charge < -0.3 is 15.2 Å². The first-order chi connectivity index (χ1) is 8.02. The first kappa shape index (κ1) is 13.0. The second-order valence-electron chi connectivity index (χ2n) is 3.36. The summed E-state index contributed by atoms with van der Waals surface area (Å²) in [5, 5.41) is 0. The Labute approximate surface area is 97.3 Å². The normalized spacial score (nSPS) is 11.6. The van der Waals surface area contributed by atoms with Gasteiger partial charge in [-0.2, -0.15) is 0 Å². The zero-order valence-corrected chi connectivity index (χ0v) is 9.18. The Morgan fingerprint density at radius 1 is 1.59 bits per heavy atom. The maximum atomic E-state index is 12.9. The lowest BCUT2D eigenvalue weighted by atomic mass is 10.2. The van der Waals surface area contributed by atoms with E-state index in [4.69, 9.17) is 10.5 Å². The highest BCUT2D eigenvalue weighted by Gasteiger charge is 2.10. The Morgan fingerprint density at radius 2 is 2.29 bits per heavy atom. The summed E-state index contributed by atoms with van der Waals surface area (Å²) in [5.74, 6) is -0.422. The lowest BCUT2D eigenvalue weighted by Crippen LogP contribution is -2.24. The molecule has 1 aromatic carbocycles. The Kier molecular flexibility index (Phi) is 4.45. The van der Waals surface area contributed by atoms with E-state index in [1.165, 1.54) is 6.07 Å². The Bertz CT molecular complexity index is 422. The molecule has 0 saturated carbocycles. The van der Waals surface area contributed by atoms with Crippen molar-refractivity contribution in [3.05, 3.63) is 29.6 Å². The second kappa shape index (κ2) is 5.83. The van der Waals surface area contributed by atoms with Crippen LogP contribution in [0, 0.1) is 5.82 Å². The minimum atomic E-state index is -0.921. The van der Waals surface area contributed by atoms with Crippen LogP contribution in [0.3, 0.4) is 0 Å². The molecule has 1 rings (SSSR count). The van der Waals surface area contributed by atoms with Crippen LogP contribution in [0.4, 0.5) is 9.18 Å². The van der Waals surface area contributed by atoms with Crippen molar-refractivity contribution < 1.29 is 23.5 Å². The van der Waals surface area contributed by atoms with Gasteiger partial charge in [0, 0.05) is 6.07 Å². The number of hydrogen-bond acceptors (Lipinski definition) is 4. The van der Waals surface area contributed by atoms with E-state index in [9.17, 15) is 14.0 Å². The fourth-order valence-electron chi connectivity index (χ4n) is 1.16. The monoisotopic (exact) mass is 241 g/mol. The average Bonchev–Trinajstić information content (AvgIpc) is 2.27. The van der Waals surface area contributed by atoms with Crippen LogP contribution in [0.2, 0.25) is 0 Å². The van der Waals surface area contributed by atoms with Crippen LogP contribution in [0.25, 0.3) is 0 Å². The molecule has 92 valence electrons. The van der Waals surface area contributed by atoms with Crippen molar-refractivity contribution >= 4 is 12.4 Å². The van der Waals surface area contributed by atoms with Crippen molar-refractivity contribution in [3.63, 3.8) is 0 Å². The maximum absolute atomic E-state index is 12.9. The van der Waals surface area contributed by atoms with Gasteiger partial charge in [0.1, 0.15) is 24.3 Å². The number of halogens is 1. The van der Waals surface area contributed by atoms with Crippen LogP contribution in [-0.2, 0) is 4.74 Å². The average molecular weight is 241 g/mol. The minimum absolute atomic E-state index is 0.0792. The number of carbonyl (C=O) groups is 2. The van der Waals surface area contributed by atoms with Gasteiger partial charge in [-0.15, -0.1) is 0 Å². The lowest BCUT2D eigenvalue weighted by molar-refractivity contribution is 0.0943. The first-order valence-corrected chi connectivity index (χ1v) is 4.86. The predicted molar refractivity (Wildman–Crippen MR) is 57.4 cm³/mol. The molecule has 0 aliphatic carbocycles. The zero-order chi connectivity index (χ0) is 12.8. The summed E-state index contributed by atoms with van der Waals surface area (Å²) in [6.07, 6.45) is -0.908. The molecule has 0 aliphatic rings. The van der Waals surface area contributed by atoms with E-state index < -0.39 is 18.0 Å².